The van der Waals surface area contributed by atoms with Crippen molar-refractivity contribution in [1.82, 2.24) is 5.32 Å². The van der Waals surface area contributed by atoms with Crippen molar-refractivity contribution in [3.8, 4) is 0 Å². The Balaban J connectivity index is 1.67. The van der Waals surface area contributed by atoms with Crippen LogP contribution in [0.5, 0.6) is 0 Å². The minimum absolute atomic E-state index is 0.170. The lowest BCUT2D eigenvalue weighted by Crippen LogP contribution is -2.39. The van der Waals surface area contributed by atoms with Crippen molar-refractivity contribution in [1.29, 1.82) is 0 Å². The highest BCUT2D eigenvalue weighted by atomic mass is 19.1. The first kappa shape index (κ1) is 12.1. The second-order valence-electron chi connectivity index (χ2n) is 5.40. The second-order valence-corrected chi connectivity index (χ2v) is 5.40. The van der Waals surface area contributed by atoms with Crippen LogP contribution in [0.4, 0.5) is 4.39 Å². The molecule has 0 aliphatic carbocycles. The van der Waals surface area contributed by atoms with Crippen LogP contribution in [-0.4, -0.2) is 18.2 Å². The molecular weight excluding hydrogens is 229 g/mol. The third-order valence-electron chi connectivity index (χ3n) is 4.20. The minimum Gasteiger partial charge on any atom is -0.373 e. The van der Waals surface area contributed by atoms with Crippen LogP contribution in [0.1, 0.15) is 44.2 Å². The molecular formula is C15H20FNO. The normalized spacial score (nSPS) is 31.8. The van der Waals surface area contributed by atoms with E-state index in [1.807, 2.05) is 12.1 Å². The van der Waals surface area contributed by atoms with E-state index >= 15 is 0 Å². The maximum atomic E-state index is 12.9. The van der Waals surface area contributed by atoms with Crippen molar-refractivity contribution in [3.63, 3.8) is 0 Å². The van der Waals surface area contributed by atoms with Gasteiger partial charge in [-0.2, -0.15) is 0 Å². The SMILES string of the molecule is CCC(NC1CC2CCC1O2)c1ccc(F)cc1. The molecule has 2 heterocycles. The topological polar surface area (TPSA) is 21.3 Å². The van der Waals surface area contributed by atoms with E-state index in [2.05, 4.69) is 12.2 Å². The summed E-state index contributed by atoms with van der Waals surface area (Å²) in [5.41, 5.74) is 1.17. The fraction of sp³-hybridized carbons (Fsp3) is 0.600. The van der Waals surface area contributed by atoms with Gasteiger partial charge in [0, 0.05) is 12.1 Å². The maximum absolute atomic E-state index is 12.9. The van der Waals surface area contributed by atoms with Gasteiger partial charge < -0.3 is 10.1 Å². The Morgan fingerprint density at radius 3 is 2.67 bits per heavy atom. The Hall–Kier alpha value is -0.930. The smallest absolute Gasteiger partial charge is 0.123 e. The van der Waals surface area contributed by atoms with Crippen molar-refractivity contribution in [2.24, 2.45) is 0 Å². The van der Waals surface area contributed by atoms with Gasteiger partial charge in [0.2, 0.25) is 0 Å². The Labute approximate surface area is 108 Å². The number of halogens is 1. The molecule has 1 N–H and O–H groups in total. The van der Waals surface area contributed by atoms with Gasteiger partial charge in [0.15, 0.2) is 0 Å². The molecule has 2 nitrogen and oxygen atoms in total. The molecule has 3 rings (SSSR count). The van der Waals surface area contributed by atoms with E-state index in [1.54, 1.807) is 0 Å². The van der Waals surface area contributed by atoms with Gasteiger partial charge in [-0.15, -0.1) is 0 Å². The fourth-order valence-corrected chi connectivity index (χ4v) is 3.22. The zero-order valence-corrected chi connectivity index (χ0v) is 10.7. The van der Waals surface area contributed by atoms with E-state index < -0.39 is 0 Å². The van der Waals surface area contributed by atoms with Crippen LogP contribution in [-0.2, 0) is 4.74 Å². The Morgan fingerprint density at radius 1 is 1.33 bits per heavy atom. The van der Waals surface area contributed by atoms with Crippen molar-refractivity contribution >= 4 is 0 Å². The molecule has 2 aliphatic rings. The summed E-state index contributed by atoms with van der Waals surface area (Å²) in [6.45, 7) is 2.16. The predicted molar refractivity (Wildman–Crippen MR) is 68.9 cm³/mol. The summed E-state index contributed by atoms with van der Waals surface area (Å²) in [6.07, 6.45) is 5.41. The molecule has 98 valence electrons. The summed E-state index contributed by atoms with van der Waals surface area (Å²) < 4.78 is 18.8. The number of hydrogen-bond donors (Lipinski definition) is 1. The molecule has 0 aromatic heterocycles. The molecule has 0 spiro atoms. The summed E-state index contributed by atoms with van der Waals surface area (Å²) in [6, 6.07) is 7.61. The average molecular weight is 249 g/mol. The Kier molecular flexibility index (Phi) is 3.35. The highest BCUT2D eigenvalue weighted by Gasteiger charge is 2.41. The molecule has 0 radical (unpaired) electrons. The summed E-state index contributed by atoms with van der Waals surface area (Å²) in [5.74, 6) is -0.170. The standard InChI is InChI=1S/C15H20FNO/c1-2-13(10-3-5-11(16)6-4-10)17-14-9-12-7-8-15(14)18-12/h3-6,12-15,17H,2,7-9H2,1H3. The number of fused-ring (bicyclic) bond motifs is 2. The van der Waals surface area contributed by atoms with Crippen LogP contribution in [0, 0.1) is 5.82 Å². The summed E-state index contributed by atoms with van der Waals surface area (Å²) in [7, 11) is 0. The fourth-order valence-electron chi connectivity index (χ4n) is 3.22. The van der Waals surface area contributed by atoms with Gasteiger partial charge in [0.1, 0.15) is 5.82 Å². The van der Waals surface area contributed by atoms with Crippen molar-refractivity contribution < 1.29 is 9.13 Å². The van der Waals surface area contributed by atoms with Crippen LogP contribution in [0.15, 0.2) is 24.3 Å². The van der Waals surface area contributed by atoms with Crippen LogP contribution in [0.3, 0.4) is 0 Å². The lowest BCUT2D eigenvalue weighted by molar-refractivity contribution is 0.0959. The first-order valence-corrected chi connectivity index (χ1v) is 6.93. The first-order valence-electron chi connectivity index (χ1n) is 6.93. The van der Waals surface area contributed by atoms with Crippen LogP contribution >= 0.6 is 0 Å². The lowest BCUT2D eigenvalue weighted by Gasteiger charge is -2.26. The predicted octanol–water partition coefficient (Wildman–Crippen LogP) is 3.19. The van der Waals surface area contributed by atoms with E-state index in [1.165, 1.54) is 30.5 Å². The Morgan fingerprint density at radius 2 is 2.11 bits per heavy atom. The van der Waals surface area contributed by atoms with Crippen LogP contribution in [0.2, 0.25) is 0 Å². The van der Waals surface area contributed by atoms with E-state index in [0.29, 0.717) is 24.3 Å². The molecule has 4 unspecified atom stereocenters. The zero-order chi connectivity index (χ0) is 12.5. The molecule has 2 saturated heterocycles. The number of hydrogen-bond acceptors (Lipinski definition) is 2. The van der Waals surface area contributed by atoms with Gasteiger partial charge >= 0.3 is 0 Å². The Bertz CT molecular complexity index is 405. The van der Waals surface area contributed by atoms with Gasteiger partial charge in [-0.1, -0.05) is 19.1 Å². The number of nitrogens with one attached hydrogen (secondary N) is 1. The molecule has 2 fully saturated rings. The number of ether oxygens (including phenoxy) is 1. The van der Waals surface area contributed by atoms with Gasteiger partial charge in [0.05, 0.1) is 12.2 Å². The van der Waals surface area contributed by atoms with Gasteiger partial charge in [-0.3, -0.25) is 0 Å². The summed E-state index contributed by atoms with van der Waals surface area (Å²) >= 11 is 0. The monoisotopic (exact) mass is 249 g/mol. The van der Waals surface area contributed by atoms with Crippen LogP contribution < -0.4 is 5.32 Å². The summed E-state index contributed by atoms with van der Waals surface area (Å²) in [5, 5.41) is 3.69. The zero-order valence-electron chi connectivity index (χ0n) is 10.7. The molecule has 2 aliphatic heterocycles. The molecule has 1 aromatic carbocycles. The van der Waals surface area contributed by atoms with E-state index in [-0.39, 0.29) is 5.82 Å². The molecule has 1 aromatic rings. The number of rotatable bonds is 4. The van der Waals surface area contributed by atoms with Crippen molar-refractivity contribution in [3.05, 3.63) is 35.6 Å². The third-order valence-corrected chi connectivity index (χ3v) is 4.20. The molecule has 4 atom stereocenters. The molecule has 0 amide bonds. The van der Waals surface area contributed by atoms with Gasteiger partial charge in [-0.05, 0) is 43.4 Å². The van der Waals surface area contributed by atoms with Crippen molar-refractivity contribution in [2.45, 2.75) is 56.9 Å². The first-order chi connectivity index (χ1) is 8.76. The maximum Gasteiger partial charge on any atom is 0.123 e. The molecule has 3 heteroatoms. The second kappa shape index (κ2) is 4.98. The highest BCUT2D eigenvalue weighted by Crippen LogP contribution is 2.35. The quantitative estimate of drug-likeness (QED) is 0.885. The molecule has 0 saturated carbocycles. The van der Waals surface area contributed by atoms with E-state index in [4.69, 9.17) is 4.74 Å². The lowest BCUT2D eigenvalue weighted by atomic mass is 9.93. The highest BCUT2D eigenvalue weighted by molar-refractivity contribution is 5.20. The summed E-state index contributed by atoms with van der Waals surface area (Å²) in [4.78, 5) is 0. The average Bonchev–Trinajstić information content (AvgIpc) is 2.99. The minimum atomic E-state index is -0.170. The van der Waals surface area contributed by atoms with Gasteiger partial charge in [-0.25, -0.2) is 4.39 Å². The number of benzene rings is 1. The largest absolute Gasteiger partial charge is 0.373 e. The molecule has 2 bridgehead atoms. The van der Waals surface area contributed by atoms with E-state index in [9.17, 15) is 4.39 Å². The van der Waals surface area contributed by atoms with Gasteiger partial charge in [0.25, 0.3) is 0 Å². The van der Waals surface area contributed by atoms with Crippen molar-refractivity contribution in [2.75, 3.05) is 0 Å². The third kappa shape index (κ3) is 2.29. The molecule has 18 heavy (non-hydrogen) atoms. The van der Waals surface area contributed by atoms with Crippen LogP contribution in [0.25, 0.3) is 0 Å². The van der Waals surface area contributed by atoms with E-state index in [0.717, 1.165) is 12.8 Å².